The van der Waals surface area contributed by atoms with E-state index in [9.17, 15) is 9.59 Å². The Morgan fingerprint density at radius 1 is 0.956 bits per heavy atom. The fourth-order valence-corrected chi connectivity index (χ4v) is 6.60. The smallest absolute Gasteiger partial charge is 0.338 e. The summed E-state index contributed by atoms with van der Waals surface area (Å²) in [5, 5.41) is 1.99. The zero-order chi connectivity index (χ0) is 31.5. The van der Waals surface area contributed by atoms with E-state index in [0.717, 1.165) is 21.9 Å². The van der Waals surface area contributed by atoms with Gasteiger partial charge in [0, 0.05) is 11.1 Å². The zero-order valence-corrected chi connectivity index (χ0v) is 26.5. The number of ether oxygens (including phenoxy) is 3. The molecule has 0 saturated carbocycles. The molecule has 0 fully saturated rings. The van der Waals surface area contributed by atoms with Crippen molar-refractivity contribution in [1.82, 2.24) is 4.57 Å². The molecule has 8 heteroatoms. The molecule has 0 spiro atoms. The van der Waals surface area contributed by atoms with E-state index in [1.165, 1.54) is 11.3 Å². The van der Waals surface area contributed by atoms with Crippen LogP contribution in [0.5, 0.6) is 11.5 Å². The lowest BCUT2D eigenvalue weighted by Crippen LogP contribution is -2.40. The van der Waals surface area contributed by atoms with Gasteiger partial charge < -0.3 is 14.2 Å². The molecule has 1 atom stereocenters. The predicted octanol–water partition coefficient (Wildman–Crippen LogP) is 6.32. The Bertz CT molecular complexity index is 2090. The molecule has 45 heavy (non-hydrogen) atoms. The summed E-state index contributed by atoms with van der Waals surface area (Å²) in [6, 6.07) is 28.7. The number of nitrogens with zero attached hydrogens (tertiary/aromatic N) is 2. The van der Waals surface area contributed by atoms with Gasteiger partial charge in [-0.1, -0.05) is 90.2 Å². The maximum absolute atomic E-state index is 14.4. The van der Waals surface area contributed by atoms with Crippen LogP contribution in [0.15, 0.2) is 112 Å². The summed E-state index contributed by atoms with van der Waals surface area (Å²) in [5.74, 6) is 0.747. The summed E-state index contributed by atoms with van der Waals surface area (Å²) in [7, 11) is 0. The minimum atomic E-state index is -0.779. The molecule has 5 aromatic rings. The van der Waals surface area contributed by atoms with E-state index < -0.39 is 12.0 Å². The number of hydrogen-bond donors (Lipinski definition) is 0. The summed E-state index contributed by atoms with van der Waals surface area (Å²) in [6.07, 6.45) is 1.77. The lowest BCUT2D eigenvalue weighted by Gasteiger charge is -2.26. The summed E-state index contributed by atoms with van der Waals surface area (Å²) in [5.41, 5.74) is 3.08. The molecule has 0 bridgehead atoms. The Labute approximate surface area is 265 Å². The highest BCUT2D eigenvalue weighted by Gasteiger charge is 2.35. The molecule has 0 saturated heterocycles. The highest BCUT2D eigenvalue weighted by atomic mass is 32.1. The van der Waals surface area contributed by atoms with Gasteiger partial charge in [-0.05, 0) is 62.2 Å². The van der Waals surface area contributed by atoms with Crippen molar-refractivity contribution in [2.75, 3.05) is 6.61 Å². The second kappa shape index (κ2) is 13.0. The Kier molecular flexibility index (Phi) is 8.67. The molecule has 1 aromatic heterocycles. The van der Waals surface area contributed by atoms with Gasteiger partial charge in [-0.25, -0.2) is 9.79 Å². The van der Waals surface area contributed by atoms with Gasteiger partial charge in [0.25, 0.3) is 5.56 Å². The van der Waals surface area contributed by atoms with Crippen LogP contribution < -0.4 is 24.4 Å². The lowest BCUT2D eigenvalue weighted by molar-refractivity contribution is -0.139. The van der Waals surface area contributed by atoms with Gasteiger partial charge in [-0.2, -0.15) is 0 Å². The molecule has 0 aliphatic carbocycles. The van der Waals surface area contributed by atoms with Gasteiger partial charge in [0.05, 0.1) is 28.5 Å². The van der Waals surface area contributed by atoms with Crippen LogP contribution in [0, 0.1) is 0 Å². The first kappa shape index (κ1) is 30.1. The monoisotopic (exact) mass is 618 g/mol. The van der Waals surface area contributed by atoms with E-state index in [0.29, 0.717) is 44.3 Å². The van der Waals surface area contributed by atoms with Crippen molar-refractivity contribution < 1.29 is 19.0 Å². The van der Waals surface area contributed by atoms with Crippen molar-refractivity contribution in [2.24, 2.45) is 4.99 Å². The molecular weight excluding hydrogens is 584 g/mol. The van der Waals surface area contributed by atoms with E-state index >= 15 is 0 Å². The number of thiazole rings is 1. The average molecular weight is 619 g/mol. The molecular formula is C37H34N2O5S. The quantitative estimate of drug-likeness (QED) is 0.181. The van der Waals surface area contributed by atoms with Gasteiger partial charge in [0.15, 0.2) is 4.80 Å². The summed E-state index contributed by atoms with van der Waals surface area (Å²) < 4.78 is 20.0. The summed E-state index contributed by atoms with van der Waals surface area (Å²) >= 11 is 1.28. The number of rotatable bonds is 9. The fourth-order valence-electron chi connectivity index (χ4n) is 5.57. The van der Waals surface area contributed by atoms with Crippen molar-refractivity contribution in [3.8, 4) is 11.5 Å². The third kappa shape index (κ3) is 6.06. The lowest BCUT2D eigenvalue weighted by atomic mass is 9.95. The normalized spacial score (nSPS) is 14.8. The Hall–Kier alpha value is -4.95. The number of carbonyl (C=O) groups excluding carboxylic acids is 1. The number of carbonyl (C=O) groups is 1. The fraction of sp³-hybridized carbons (Fsp3) is 0.216. The molecule has 228 valence electrons. The van der Waals surface area contributed by atoms with E-state index in [4.69, 9.17) is 19.2 Å². The largest absolute Gasteiger partial charge is 0.491 e. The van der Waals surface area contributed by atoms with E-state index in [1.54, 1.807) is 18.4 Å². The van der Waals surface area contributed by atoms with Crippen LogP contribution in [-0.2, 0) is 16.1 Å². The Balaban J connectivity index is 1.55. The van der Waals surface area contributed by atoms with Crippen molar-refractivity contribution >= 4 is 34.2 Å². The van der Waals surface area contributed by atoms with Crippen molar-refractivity contribution in [3.05, 3.63) is 139 Å². The number of allylic oxidation sites excluding steroid dienone is 1. The Morgan fingerprint density at radius 2 is 1.69 bits per heavy atom. The number of esters is 1. The highest BCUT2D eigenvalue weighted by molar-refractivity contribution is 7.07. The number of aromatic nitrogens is 1. The number of fused-ring (bicyclic) bond motifs is 2. The summed E-state index contributed by atoms with van der Waals surface area (Å²) in [6.45, 7) is 8.01. The van der Waals surface area contributed by atoms with Gasteiger partial charge >= 0.3 is 5.97 Å². The van der Waals surface area contributed by atoms with Crippen LogP contribution in [0.1, 0.15) is 50.4 Å². The Morgan fingerprint density at radius 3 is 2.47 bits per heavy atom. The van der Waals surface area contributed by atoms with Gasteiger partial charge in [-0.3, -0.25) is 9.36 Å². The van der Waals surface area contributed by atoms with E-state index in [-0.39, 0.29) is 18.3 Å². The van der Waals surface area contributed by atoms with Crippen molar-refractivity contribution in [1.29, 1.82) is 0 Å². The van der Waals surface area contributed by atoms with Gasteiger partial charge in [-0.15, -0.1) is 0 Å². The number of benzene rings is 4. The van der Waals surface area contributed by atoms with Crippen LogP contribution in [0.25, 0.3) is 16.8 Å². The number of para-hydroxylation sites is 1. The van der Waals surface area contributed by atoms with Crippen molar-refractivity contribution in [2.45, 2.75) is 46.4 Å². The minimum absolute atomic E-state index is 0.112. The summed E-state index contributed by atoms with van der Waals surface area (Å²) in [4.78, 5) is 33.1. The van der Waals surface area contributed by atoms with Crippen molar-refractivity contribution in [3.63, 3.8) is 0 Å². The molecule has 7 nitrogen and oxygen atoms in total. The maximum Gasteiger partial charge on any atom is 0.338 e. The molecule has 0 radical (unpaired) electrons. The second-order valence-corrected chi connectivity index (χ2v) is 12.0. The first-order valence-corrected chi connectivity index (χ1v) is 15.8. The van der Waals surface area contributed by atoms with Gasteiger partial charge in [0.2, 0.25) is 0 Å². The van der Waals surface area contributed by atoms with Crippen LogP contribution >= 0.6 is 11.3 Å². The molecule has 1 aliphatic rings. The first-order chi connectivity index (χ1) is 21.9. The second-order valence-electron chi connectivity index (χ2n) is 11.0. The van der Waals surface area contributed by atoms with Crippen LogP contribution in [0.3, 0.4) is 0 Å². The van der Waals surface area contributed by atoms with Gasteiger partial charge in [0.1, 0.15) is 24.1 Å². The topological polar surface area (TPSA) is 79.1 Å². The highest BCUT2D eigenvalue weighted by Crippen LogP contribution is 2.36. The standard InChI is InChI=1S/C37H34N2O5S/c1-5-42-36(41)33-24(4)38-37-39(34(33)28-17-11-12-18-31(28)44-23(2)3)35(40)32(45-37)21-29-27-16-10-9-15-26(27)19-20-30(29)43-22-25-13-7-6-8-14-25/h6-21,23,34H,5,22H2,1-4H3/b32-21-/t34-/m0/s1. The minimum Gasteiger partial charge on any atom is -0.491 e. The van der Waals surface area contributed by atoms with Crippen LogP contribution in [-0.4, -0.2) is 23.2 Å². The molecule has 1 aliphatic heterocycles. The van der Waals surface area contributed by atoms with Crippen LogP contribution in [0.4, 0.5) is 0 Å². The molecule has 2 heterocycles. The third-order valence-electron chi connectivity index (χ3n) is 7.54. The third-order valence-corrected chi connectivity index (χ3v) is 8.52. The number of hydrogen-bond acceptors (Lipinski definition) is 7. The average Bonchev–Trinajstić information content (AvgIpc) is 3.34. The van der Waals surface area contributed by atoms with Crippen LogP contribution in [0.2, 0.25) is 0 Å². The maximum atomic E-state index is 14.4. The molecule has 0 amide bonds. The molecule has 6 rings (SSSR count). The predicted molar refractivity (Wildman–Crippen MR) is 177 cm³/mol. The van der Waals surface area contributed by atoms with E-state index in [2.05, 4.69) is 0 Å². The molecule has 0 N–H and O–H groups in total. The first-order valence-electron chi connectivity index (χ1n) is 15.0. The molecule has 0 unspecified atom stereocenters. The molecule has 4 aromatic carbocycles. The van der Waals surface area contributed by atoms with E-state index in [1.807, 2.05) is 111 Å². The SMILES string of the molecule is CCOC(=O)C1=C(C)N=c2s/c(=C\c3c(OCc4ccccc4)ccc4ccccc34)c(=O)n2[C@H]1c1ccccc1OC(C)C. The zero-order valence-electron chi connectivity index (χ0n) is 25.7.